The molecule has 0 unspecified atom stereocenters. The van der Waals surface area contributed by atoms with Crippen molar-refractivity contribution in [1.29, 1.82) is 0 Å². The average Bonchev–Trinajstić information content (AvgIpc) is 2.97. The summed E-state index contributed by atoms with van der Waals surface area (Å²) in [5, 5.41) is 0.586. The van der Waals surface area contributed by atoms with Gasteiger partial charge < -0.3 is 4.74 Å². The summed E-state index contributed by atoms with van der Waals surface area (Å²) < 4.78 is 5.39. The zero-order chi connectivity index (χ0) is 20.4. The van der Waals surface area contributed by atoms with Crippen molar-refractivity contribution < 1.29 is 19.1 Å². The lowest BCUT2D eigenvalue weighted by Crippen LogP contribution is -2.41. The van der Waals surface area contributed by atoms with Gasteiger partial charge in [0.2, 0.25) is 0 Å². The van der Waals surface area contributed by atoms with E-state index in [0.29, 0.717) is 21.7 Å². The number of ketones is 2. The van der Waals surface area contributed by atoms with Gasteiger partial charge in [-0.2, -0.15) is 0 Å². The Hall–Kier alpha value is -3.24. The molecule has 1 aliphatic carbocycles. The van der Waals surface area contributed by atoms with Gasteiger partial charge in [0.1, 0.15) is 12.0 Å². The number of fused-ring (bicyclic) bond motifs is 1. The number of ether oxygens (including phenoxy) is 1. The third-order valence-corrected chi connectivity index (χ3v) is 5.43. The highest BCUT2D eigenvalue weighted by Crippen LogP contribution is 2.42. The third kappa shape index (κ3) is 3.36. The summed E-state index contributed by atoms with van der Waals surface area (Å²) in [4.78, 5) is 39.4. The smallest absolute Gasteiger partial charge is 0.307 e. The van der Waals surface area contributed by atoms with E-state index in [4.69, 9.17) is 16.3 Å². The van der Waals surface area contributed by atoms with Gasteiger partial charge in [-0.05, 0) is 23.3 Å². The van der Waals surface area contributed by atoms with Crippen LogP contribution in [0, 0.1) is 0 Å². The van der Waals surface area contributed by atoms with Gasteiger partial charge in [0.05, 0.1) is 6.42 Å². The quantitative estimate of drug-likeness (QED) is 0.453. The van der Waals surface area contributed by atoms with Crippen molar-refractivity contribution in [2.24, 2.45) is 0 Å². The number of carbonyl (C=O) groups is 3. The lowest BCUT2D eigenvalue weighted by molar-refractivity contribution is -0.145. The molecule has 0 bridgehead atoms. The molecule has 0 heterocycles. The van der Waals surface area contributed by atoms with Crippen LogP contribution in [-0.2, 0) is 21.6 Å². The molecule has 0 aliphatic heterocycles. The lowest BCUT2D eigenvalue weighted by Gasteiger charge is -2.25. The van der Waals surface area contributed by atoms with Crippen molar-refractivity contribution in [2.45, 2.75) is 18.4 Å². The standard InChI is InChI=1S/C24H17ClO4/c25-18-12-10-16(11-13-18)15-29-21(26)14-24(17-6-2-1-3-7-17)22(27)19-8-4-5-9-20(19)23(24)28/h1-13H,14-15H2. The Kier molecular flexibility index (Phi) is 5.03. The van der Waals surface area contributed by atoms with Crippen LogP contribution in [0.25, 0.3) is 0 Å². The van der Waals surface area contributed by atoms with E-state index in [2.05, 4.69) is 0 Å². The summed E-state index contributed by atoms with van der Waals surface area (Å²) in [5.74, 6) is -1.35. The molecular formula is C24H17ClO4. The van der Waals surface area contributed by atoms with Gasteiger partial charge >= 0.3 is 5.97 Å². The Labute approximate surface area is 173 Å². The number of carbonyl (C=O) groups excluding carboxylic acids is 3. The first-order valence-corrected chi connectivity index (χ1v) is 9.54. The van der Waals surface area contributed by atoms with Crippen LogP contribution in [0.15, 0.2) is 78.9 Å². The minimum Gasteiger partial charge on any atom is -0.461 e. The molecule has 4 nitrogen and oxygen atoms in total. The number of benzene rings is 3. The SMILES string of the molecule is O=C(CC1(c2ccccc2)C(=O)c2ccccc2C1=O)OCc1ccc(Cl)cc1. The van der Waals surface area contributed by atoms with Crippen LogP contribution in [0.2, 0.25) is 5.02 Å². The number of hydrogen-bond donors (Lipinski definition) is 0. The second kappa shape index (κ2) is 7.64. The van der Waals surface area contributed by atoms with Crippen molar-refractivity contribution in [3.63, 3.8) is 0 Å². The topological polar surface area (TPSA) is 60.4 Å². The van der Waals surface area contributed by atoms with Gasteiger partial charge in [0.15, 0.2) is 11.6 Å². The molecule has 0 saturated carbocycles. The Balaban J connectivity index is 1.64. The Morgan fingerprint density at radius 1 is 0.793 bits per heavy atom. The number of Topliss-reactive ketones (excluding diaryl/α,β-unsaturated/α-hetero) is 2. The molecule has 0 spiro atoms. The molecule has 4 rings (SSSR count). The summed E-state index contributed by atoms with van der Waals surface area (Å²) in [6.45, 7) is 0.0379. The fourth-order valence-corrected chi connectivity index (χ4v) is 3.83. The predicted molar refractivity (Wildman–Crippen MR) is 109 cm³/mol. The highest BCUT2D eigenvalue weighted by Gasteiger charge is 2.55. The second-order valence-electron chi connectivity index (χ2n) is 6.94. The second-order valence-corrected chi connectivity index (χ2v) is 7.38. The van der Waals surface area contributed by atoms with Gasteiger partial charge in [-0.15, -0.1) is 0 Å². The fraction of sp³-hybridized carbons (Fsp3) is 0.125. The molecule has 0 aromatic heterocycles. The number of hydrogen-bond acceptors (Lipinski definition) is 4. The van der Waals surface area contributed by atoms with Gasteiger partial charge in [-0.3, -0.25) is 14.4 Å². The predicted octanol–water partition coefficient (Wildman–Crippen LogP) is 4.79. The molecule has 0 saturated heterocycles. The van der Waals surface area contributed by atoms with Crippen LogP contribution >= 0.6 is 11.6 Å². The maximum atomic E-state index is 13.3. The van der Waals surface area contributed by atoms with E-state index in [1.165, 1.54) is 0 Å². The molecule has 29 heavy (non-hydrogen) atoms. The first kappa shape index (κ1) is 19.1. The summed E-state index contributed by atoms with van der Waals surface area (Å²) in [7, 11) is 0. The first-order chi connectivity index (χ1) is 14.0. The Bertz CT molecular complexity index is 1050. The average molecular weight is 405 g/mol. The third-order valence-electron chi connectivity index (χ3n) is 5.18. The fourth-order valence-electron chi connectivity index (χ4n) is 3.70. The molecule has 0 N–H and O–H groups in total. The molecule has 144 valence electrons. The summed E-state index contributed by atoms with van der Waals surface area (Å²) in [6.07, 6.45) is -0.350. The van der Waals surface area contributed by atoms with Crippen molar-refractivity contribution >= 4 is 29.1 Å². The zero-order valence-electron chi connectivity index (χ0n) is 15.4. The zero-order valence-corrected chi connectivity index (χ0v) is 16.2. The van der Waals surface area contributed by atoms with E-state index in [1.807, 2.05) is 0 Å². The highest BCUT2D eigenvalue weighted by molar-refractivity contribution is 6.34. The maximum Gasteiger partial charge on any atom is 0.307 e. The Morgan fingerprint density at radius 2 is 1.34 bits per heavy atom. The van der Waals surface area contributed by atoms with Crippen LogP contribution in [0.4, 0.5) is 0 Å². The normalized spacial score (nSPS) is 14.5. The summed E-state index contributed by atoms with van der Waals surface area (Å²) in [6, 6.07) is 22.3. The van der Waals surface area contributed by atoms with Gasteiger partial charge in [-0.1, -0.05) is 78.3 Å². The van der Waals surface area contributed by atoms with Crippen LogP contribution in [-0.4, -0.2) is 17.5 Å². The molecule has 0 radical (unpaired) electrons. The number of rotatable bonds is 5. The van der Waals surface area contributed by atoms with Crippen molar-refractivity contribution in [2.75, 3.05) is 0 Å². The summed E-state index contributed by atoms with van der Waals surface area (Å²) in [5.41, 5.74) is 0.347. The molecule has 0 amide bonds. The van der Waals surface area contributed by atoms with Crippen molar-refractivity contribution in [3.05, 3.63) is 106 Å². The molecule has 3 aromatic rings. The van der Waals surface area contributed by atoms with E-state index in [9.17, 15) is 14.4 Å². The number of esters is 1. The van der Waals surface area contributed by atoms with Crippen LogP contribution in [0.5, 0.6) is 0 Å². The van der Waals surface area contributed by atoms with Gasteiger partial charge in [0.25, 0.3) is 0 Å². The summed E-state index contributed by atoms with van der Waals surface area (Å²) >= 11 is 5.87. The minimum atomic E-state index is -1.60. The minimum absolute atomic E-state index is 0.0379. The van der Waals surface area contributed by atoms with Crippen LogP contribution in [0.1, 0.15) is 38.3 Å². The van der Waals surface area contributed by atoms with Gasteiger partial charge in [-0.25, -0.2) is 0 Å². The molecule has 1 aliphatic rings. The highest BCUT2D eigenvalue weighted by atomic mass is 35.5. The maximum absolute atomic E-state index is 13.3. The van der Waals surface area contributed by atoms with E-state index in [-0.39, 0.29) is 24.6 Å². The van der Waals surface area contributed by atoms with Crippen LogP contribution in [0.3, 0.4) is 0 Å². The van der Waals surface area contributed by atoms with Crippen molar-refractivity contribution in [1.82, 2.24) is 0 Å². The largest absolute Gasteiger partial charge is 0.461 e. The van der Waals surface area contributed by atoms with Crippen LogP contribution < -0.4 is 0 Å². The van der Waals surface area contributed by atoms with E-state index >= 15 is 0 Å². The first-order valence-electron chi connectivity index (χ1n) is 9.16. The molecule has 3 aromatic carbocycles. The van der Waals surface area contributed by atoms with Gasteiger partial charge in [0, 0.05) is 16.1 Å². The Morgan fingerprint density at radius 3 is 1.93 bits per heavy atom. The van der Waals surface area contributed by atoms with E-state index in [0.717, 1.165) is 5.56 Å². The monoisotopic (exact) mass is 404 g/mol. The molecular weight excluding hydrogens is 388 g/mol. The van der Waals surface area contributed by atoms with Crippen molar-refractivity contribution in [3.8, 4) is 0 Å². The molecule has 5 heteroatoms. The number of halogens is 1. The molecule has 0 atom stereocenters. The van der Waals surface area contributed by atoms with E-state index < -0.39 is 11.4 Å². The van der Waals surface area contributed by atoms with E-state index in [1.54, 1.807) is 78.9 Å². The molecule has 0 fully saturated rings. The lowest BCUT2D eigenvalue weighted by atomic mass is 9.73.